The Morgan fingerprint density at radius 2 is 1.72 bits per heavy atom. The first-order valence-electron chi connectivity index (χ1n) is 8.70. The number of ketones is 1. The second-order valence-corrected chi connectivity index (χ2v) is 6.11. The van der Waals surface area contributed by atoms with Crippen LogP contribution in [0.4, 0.5) is 11.5 Å². The fourth-order valence-electron chi connectivity index (χ4n) is 2.59. The maximum Gasteiger partial charge on any atom is 0.361 e. The van der Waals surface area contributed by atoms with Crippen molar-refractivity contribution in [2.24, 2.45) is 0 Å². The molecule has 0 bridgehead atoms. The molecule has 1 amide bonds. The Labute approximate surface area is 166 Å². The predicted octanol–water partition coefficient (Wildman–Crippen LogP) is 2.80. The van der Waals surface area contributed by atoms with E-state index < -0.39 is 18.0 Å². The van der Waals surface area contributed by atoms with Gasteiger partial charge in [-0.05, 0) is 19.1 Å². The fourth-order valence-corrected chi connectivity index (χ4v) is 2.59. The first kappa shape index (κ1) is 19.7. The number of carbonyl (C=O) groups excluding carboxylic acids is 3. The molecule has 146 valence electrons. The Balaban J connectivity index is 1.87. The smallest absolute Gasteiger partial charge is 0.361 e. The van der Waals surface area contributed by atoms with Crippen LogP contribution in [0.3, 0.4) is 0 Å². The van der Waals surface area contributed by atoms with Gasteiger partial charge in [0.1, 0.15) is 0 Å². The number of nitrogens with one attached hydrogen (secondary N) is 1. The van der Waals surface area contributed by atoms with Crippen molar-refractivity contribution in [3.63, 3.8) is 0 Å². The van der Waals surface area contributed by atoms with Gasteiger partial charge in [0.2, 0.25) is 6.10 Å². The maximum atomic E-state index is 12.9. The summed E-state index contributed by atoms with van der Waals surface area (Å²) in [6.07, 6.45) is 1.39. The lowest BCUT2D eigenvalue weighted by molar-refractivity contribution is -0.125. The topological polar surface area (TPSA) is 124 Å². The van der Waals surface area contributed by atoms with Gasteiger partial charge in [-0.2, -0.15) is 0 Å². The minimum absolute atomic E-state index is 0.0983. The van der Waals surface area contributed by atoms with Crippen LogP contribution in [0, 0.1) is 0 Å². The zero-order chi connectivity index (χ0) is 20.8. The van der Waals surface area contributed by atoms with Crippen molar-refractivity contribution in [1.82, 2.24) is 9.97 Å². The van der Waals surface area contributed by atoms with E-state index in [1.54, 1.807) is 54.6 Å². The van der Waals surface area contributed by atoms with Gasteiger partial charge in [0.05, 0.1) is 0 Å². The molecule has 0 spiro atoms. The first-order chi connectivity index (χ1) is 14.0. The Bertz CT molecular complexity index is 1050. The van der Waals surface area contributed by atoms with Gasteiger partial charge in [0, 0.05) is 29.2 Å². The number of benzene rings is 2. The van der Waals surface area contributed by atoms with Crippen LogP contribution >= 0.6 is 0 Å². The predicted molar refractivity (Wildman–Crippen MR) is 106 cm³/mol. The summed E-state index contributed by atoms with van der Waals surface area (Å²) in [5, 5.41) is 2.67. The SMILES string of the molecule is CC(=O)c1cccc(NC(=O)C(OC(=O)c2nccnc2N)c2ccccc2)c1. The van der Waals surface area contributed by atoms with Gasteiger partial charge >= 0.3 is 5.97 Å². The number of ether oxygens (including phenoxy) is 1. The Kier molecular flexibility index (Phi) is 5.94. The number of nitrogens with zero attached hydrogens (tertiary/aromatic N) is 2. The molecule has 29 heavy (non-hydrogen) atoms. The molecular weight excluding hydrogens is 372 g/mol. The van der Waals surface area contributed by atoms with Gasteiger partial charge < -0.3 is 15.8 Å². The number of rotatable bonds is 6. The highest BCUT2D eigenvalue weighted by Gasteiger charge is 2.27. The lowest BCUT2D eigenvalue weighted by Crippen LogP contribution is -2.26. The van der Waals surface area contributed by atoms with E-state index in [9.17, 15) is 14.4 Å². The minimum atomic E-state index is -1.26. The average molecular weight is 390 g/mol. The molecule has 1 heterocycles. The average Bonchev–Trinajstić information content (AvgIpc) is 2.73. The third-order valence-corrected chi connectivity index (χ3v) is 4.02. The summed E-state index contributed by atoms with van der Waals surface area (Å²) in [5.41, 5.74) is 6.80. The van der Waals surface area contributed by atoms with Gasteiger partial charge in [0.15, 0.2) is 17.3 Å². The van der Waals surface area contributed by atoms with E-state index in [2.05, 4.69) is 15.3 Å². The van der Waals surface area contributed by atoms with Gasteiger partial charge in [-0.25, -0.2) is 14.8 Å². The molecule has 0 aliphatic carbocycles. The van der Waals surface area contributed by atoms with Crippen LogP contribution in [0.15, 0.2) is 67.0 Å². The van der Waals surface area contributed by atoms with Gasteiger partial charge in [-0.3, -0.25) is 9.59 Å². The zero-order valence-corrected chi connectivity index (χ0v) is 15.5. The van der Waals surface area contributed by atoms with E-state index in [-0.39, 0.29) is 17.3 Å². The van der Waals surface area contributed by atoms with Crippen LogP contribution in [-0.2, 0) is 9.53 Å². The number of nitrogens with two attached hydrogens (primary N) is 1. The molecule has 0 radical (unpaired) electrons. The molecule has 0 saturated heterocycles. The van der Waals surface area contributed by atoms with Crippen LogP contribution in [0.5, 0.6) is 0 Å². The third-order valence-electron chi connectivity index (χ3n) is 4.02. The summed E-state index contributed by atoms with van der Waals surface area (Å²) < 4.78 is 5.41. The summed E-state index contributed by atoms with van der Waals surface area (Å²) in [5.74, 6) is -1.70. The molecule has 0 saturated carbocycles. The highest BCUT2D eigenvalue weighted by atomic mass is 16.5. The van der Waals surface area contributed by atoms with Crippen LogP contribution in [0.1, 0.15) is 39.4 Å². The zero-order valence-electron chi connectivity index (χ0n) is 15.5. The van der Waals surface area contributed by atoms with Crippen molar-refractivity contribution in [1.29, 1.82) is 0 Å². The van der Waals surface area contributed by atoms with E-state index in [1.165, 1.54) is 19.3 Å². The van der Waals surface area contributed by atoms with E-state index in [0.717, 1.165) is 0 Å². The number of Topliss-reactive ketones (excluding diaryl/α,β-unsaturated/α-hetero) is 1. The number of hydrogen-bond donors (Lipinski definition) is 2. The number of anilines is 2. The molecule has 0 aliphatic heterocycles. The van der Waals surface area contributed by atoms with E-state index in [1.807, 2.05) is 0 Å². The Morgan fingerprint density at radius 3 is 2.41 bits per heavy atom. The fraction of sp³-hybridized carbons (Fsp3) is 0.0952. The van der Waals surface area contributed by atoms with Gasteiger partial charge in [-0.1, -0.05) is 42.5 Å². The largest absolute Gasteiger partial charge is 0.442 e. The lowest BCUT2D eigenvalue weighted by atomic mass is 10.1. The first-order valence-corrected chi connectivity index (χ1v) is 8.70. The standard InChI is InChI=1S/C21H18N4O4/c1-13(26)15-8-5-9-16(12-15)25-20(27)18(14-6-3-2-4-7-14)29-21(28)17-19(22)24-11-10-23-17/h2-12,18H,1H3,(H2,22,24)(H,25,27). The second kappa shape index (κ2) is 8.75. The summed E-state index contributed by atoms with van der Waals surface area (Å²) in [4.78, 5) is 44.7. The Morgan fingerprint density at radius 1 is 1.00 bits per heavy atom. The molecule has 8 heteroatoms. The van der Waals surface area contributed by atoms with E-state index >= 15 is 0 Å². The number of amides is 1. The maximum absolute atomic E-state index is 12.9. The molecule has 8 nitrogen and oxygen atoms in total. The second-order valence-electron chi connectivity index (χ2n) is 6.11. The molecule has 0 fully saturated rings. The molecule has 1 aromatic heterocycles. The minimum Gasteiger partial charge on any atom is -0.442 e. The van der Waals surface area contributed by atoms with Crippen molar-refractivity contribution >= 4 is 29.2 Å². The highest BCUT2D eigenvalue weighted by Crippen LogP contribution is 2.22. The van der Waals surface area contributed by atoms with Crippen LogP contribution in [-0.4, -0.2) is 27.6 Å². The molecule has 3 rings (SSSR count). The molecule has 0 aliphatic rings. The van der Waals surface area contributed by atoms with Gasteiger partial charge in [0.25, 0.3) is 5.91 Å². The summed E-state index contributed by atoms with van der Waals surface area (Å²) in [6, 6.07) is 15.0. The molecule has 1 unspecified atom stereocenters. The van der Waals surface area contributed by atoms with Crippen LogP contribution in [0.2, 0.25) is 0 Å². The van der Waals surface area contributed by atoms with Crippen LogP contribution < -0.4 is 11.1 Å². The number of esters is 1. The summed E-state index contributed by atoms with van der Waals surface area (Å²) in [6.45, 7) is 1.43. The third kappa shape index (κ3) is 4.81. The molecule has 3 N–H and O–H groups in total. The van der Waals surface area contributed by atoms with Crippen molar-refractivity contribution < 1.29 is 19.1 Å². The van der Waals surface area contributed by atoms with Crippen molar-refractivity contribution in [3.8, 4) is 0 Å². The quantitative estimate of drug-likeness (QED) is 0.490. The highest BCUT2D eigenvalue weighted by molar-refractivity contribution is 6.00. The lowest BCUT2D eigenvalue weighted by Gasteiger charge is -2.18. The van der Waals surface area contributed by atoms with Crippen molar-refractivity contribution in [2.45, 2.75) is 13.0 Å². The van der Waals surface area contributed by atoms with E-state index in [0.29, 0.717) is 16.8 Å². The van der Waals surface area contributed by atoms with Gasteiger partial charge in [-0.15, -0.1) is 0 Å². The number of nitrogen functional groups attached to an aromatic ring is 1. The number of carbonyl (C=O) groups is 3. The number of aromatic nitrogens is 2. The van der Waals surface area contributed by atoms with E-state index in [4.69, 9.17) is 10.5 Å². The number of hydrogen-bond acceptors (Lipinski definition) is 7. The normalized spacial score (nSPS) is 11.3. The molecule has 3 aromatic rings. The van der Waals surface area contributed by atoms with Crippen LogP contribution in [0.25, 0.3) is 0 Å². The molecule has 1 atom stereocenters. The van der Waals surface area contributed by atoms with Crippen molar-refractivity contribution in [2.75, 3.05) is 11.1 Å². The molecule has 2 aromatic carbocycles. The Hall–Kier alpha value is -4.07. The monoisotopic (exact) mass is 390 g/mol. The molecular formula is C21H18N4O4. The summed E-state index contributed by atoms with van der Waals surface area (Å²) >= 11 is 0. The van der Waals surface area contributed by atoms with Crippen molar-refractivity contribution in [3.05, 3.63) is 83.8 Å². The summed E-state index contributed by atoms with van der Waals surface area (Å²) in [7, 11) is 0.